The molecule has 0 aliphatic carbocycles. The first kappa shape index (κ1) is 14.6. The zero-order chi connectivity index (χ0) is 14.4. The maximum atomic E-state index is 12.0. The van der Waals surface area contributed by atoms with Gasteiger partial charge < -0.3 is 14.9 Å². The van der Waals surface area contributed by atoms with E-state index in [1.807, 2.05) is 12.1 Å². The summed E-state index contributed by atoms with van der Waals surface area (Å²) in [4.78, 5) is 30.9. The Labute approximate surface area is 121 Å². The number of amides is 2. The van der Waals surface area contributed by atoms with Crippen molar-refractivity contribution in [3.8, 4) is 0 Å². The minimum Gasteiger partial charge on any atom is -0.465 e. The monoisotopic (exact) mass is 295 g/mol. The van der Waals surface area contributed by atoms with E-state index in [9.17, 15) is 9.59 Å². The van der Waals surface area contributed by atoms with Crippen LogP contribution in [0.15, 0.2) is 29.4 Å². The van der Waals surface area contributed by atoms with Gasteiger partial charge in [-0.15, -0.1) is 11.8 Å². The highest BCUT2D eigenvalue weighted by Crippen LogP contribution is 2.17. The van der Waals surface area contributed by atoms with Gasteiger partial charge in [0.05, 0.1) is 0 Å². The summed E-state index contributed by atoms with van der Waals surface area (Å²) in [6.07, 6.45) is 3.02. The first-order valence-corrected chi connectivity index (χ1v) is 7.44. The second-order valence-electron chi connectivity index (χ2n) is 4.43. The van der Waals surface area contributed by atoms with E-state index >= 15 is 0 Å². The number of hydrogen-bond donors (Lipinski definition) is 1. The highest BCUT2D eigenvalue weighted by Gasteiger charge is 2.23. The number of rotatable bonds is 4. The highest BCUT2D eigenvalue weighted by atomic mass is 32.2. The van der Waals surface area contributed by atoms with Crippen molar-refractivity contribution >= 4 is 23.8 Å². The van der Waals surface area contributed by atoms with Crippen LogP contribution < -0.4 is 0 Å². The molecule has 108 valence electrons. The van der Waals surface area contributed by atoms with Crippen molar-refractivity contribution in [1.29, 1.82) is 0 Å². The summed E-state index contributed by atoms with van der Waals surface area (Å²) in [5.74, 6) is 0.818. The van der Waals surface area contributed by atoms with Crippen LogP contribution >= 0.6 is 11.8 Å². The third-order valence-electron chi connectivity index (χ3n) is 3.14. The molecule has 1 aromatic heterocycles. The minimum atomic E-state index is -0.912. The van der Waals surface area contributed by atoms with Crippen molar-refractivity contribution in [2.24, 2.45) is 0 Å². The molecule has 0 bridgehead atoms. The first-order chi connectivity index (χ1) is 9.66. The Hall–Kier alpha value is -1.76. The molecular weight excluding hydrogens is 278 g/mol. The predicted molar refractivity (Wildman–Crippen MR) is 75.8 cm³/mol. The Morgan fingerprint density at radius 3 is 2.35 bits per heavy atom. The van der Waals surface area contributed by atoms with Gasteiger partial charge in [-0.3, -0.25) is 9.78 Å². The van der Waals surface area contributed by atoms with Crippen molar-refractivity contribution < 1.29 is 14.7 Å². The third-order valence-corrected chi connectivity index (χ3v) is 4.15. The molecule has 0 saturated carbocycles. The topological polar surface area (TPSA) is 73.7 Å². The molecule has 0 atom stereocenters. The molecule has 1 aromatic rings. The highest BCUT2D eigenvalue weighted by molar-refractivity contribution is 7.99. The molecule has 1 aliphatic rings. The molecule has 2 amide bonds. The molecule has 2 heterocycles. The van der Waals surface area contributed by atoms with Crippen LogP contribution in [0.4, 0.5) is 4.79 Å². The largest absolute Gasteiger partial charge is 0.465 e. The standard InChI is InChI=1S/C13H17N3O3S/c17-12(3-10-20-11-1-4-14-5-2-11)15-6-8-16(9-7-15)13(18)19/h1-2,4-5H,3,6-10H2,(H,18,19). The minimum absolute atomic E-state index is 0.0941. The maximum absolute atomic E-state index is 12.0. The molecular formula is C13H17N3O3S. The summed E-state index contributed by atoms with van der Waals surface area (Å²) in [5, 5.41) is 8.84. The molecule has 1 fully saturated rings. The summed E-state index contributed by atoms with van der Waals surface area (Å²) in [5.41, 5.74) is 0. The summed E-state index contributed by atoms with van der Waals surface area (Å²) < 4.78 is 0. The Balaban J connectivity index is 1.69. The van der Waals surface area contributed by atoms with Crippen molar-refractivity contribution in [2.75, 3.05) is 31.9 Å². The molecule has 0 radical (unpaired) electrons. The van der Waals surface area contributed by atoms with Crippen LogP contribution in [0.2, 0.25) is 0 Å². The third kappa shape index (κ3) is 4.12. The van der Waals surface area contributed by atoms with Crippen molar-refractivity contribution in [3.63, 3.8) is 0 Å². The van der Waals surface area contributed by atoms with Crippen LogP contribution in [0, 0.1) is 0 Å². The second kappa shape index (κ2) is 7.14. The molecule has 0 aromatic carbocycles. The number of carbonyl (C=O) groups excluding carboxylic acids is 1. The van der Waals surface area contributed by atoms with Gasteiger partial charge in [0, 0.05) is 55.6 Å². The molecule has 6 nitrogen and oxygen atoms in total. The average molecular weight is 295 g/mol. The van der Waals surface area contributed by atoms with Crippen molar-refractivity contribution in [2.45, 2.75) is 11.3 Å². The molecule has 2 rings (SSSR count). The van der Waals surface area contributed by atoms with Gasteiger partial charge in [0.25, 0.3) is 0 Å². The van der Waals surface area contributed by atoms with Gasteiger partial charge in [-0.1, -0.05) is 0 Å². The fourth-order valence-corrected chi connectivity index (χ4v) is 2.82. The lowest BCUT2D eigenvalue weighted by atomic mass is 10.3. The normalized spacial score (nSPS) is 15.2. The average Bonchev–Trinajstić information content (AvgIpc) is 2.48. The van der Waals surface area contributed by atoms with Crippen LogP contribution in [0.5, 0.6) is 0 Å². The fraction of sp³-hybridized carbons (Fsp3) is 0.462. The molecule has 7 heteroatoms. The number of hydrogen-bond acceptors (Lipinski definition) is 4. The molecule has 0 unspecified atom stereocenters. The summed E-state index contributed by atoms with van der Waals surface area (Å²) >= 11 is 1.63. The SMILES string of the molecule is O=C(O)N1CCN(C(=O)CCSc2ccncc2)CC1. The number of thioether (sulfide) groups is 1. The maximum Gasteiger partial charge on any atom is 0.407 e. The quantitative estimate of drug-likeness (QED) is 0.850. The van der Waals surface area contributed by atoms with Crippen molar-refractivity contribution in [1.82, 2.24) is 14.8 Å². The van der Waals surface area contributed by atoms with E-state index in [4.69, 9.17) is 5.11 Å². The summed E-state index contributed by atoms with van der Waals surface area (Å²) in [6, 6.07) is 3.83. The van der Waals surface area contributed by atoms with Crippen LogP contribution in [0.3, 0.4) is 0 Å². The van der Waals surface area contributed by atoms with E-state index in [0.29, 0.717) is 32.6 Å². The number of aromatic nitrogens is 1. The zero-order valence-corrected chi connectivity index (χ0v) is 11.9. The van der Waals surface area contributed by atoms with E-state index in [2.05, 4.69) is 4.98 Å². The lowest BCUT2D eigenvalue weighted by Gasteiger charge is -2.33. The summed E-state index contributed by atoms with van der Waals surface area (Å²) in [6.45, 7) is 1.78. The van der Waals surface area contributed by atoms with E-state index in [0.717, 1.165) is 10.6 Å². The smallest absolute Gasteiger partial charge is 0.407 e. The van der Waals surface area contributed by atoms with Crippen LogP contribution in [-0.2, 0) is 4.79 Å². The zero-order valence-electron chi connectivity index (χ0n) is 11.1. The van der Waals surface area contributed by atoms with Gasteiger partial charge in [0.15, 0.2) is 0 Å². The fourth-order valence-electron chi connectivity index (χ4n) is 2.00. The Morgan fingerprint density at radius 1 is 1.15 bits per heavy atom. The second-order valence-corrected chi connectivity index (χ2v) is 5.60. The van der Waals surface area contributed by atoms with Gasteiger partial charge >= 0.3 is 6.09 Å². The van der Waals surface area contributed by atoms with E-state index in [1.165, 1.54) is 4.90 Å². The Morgan fingerprint density at radius 2 is 1.75 bits per heavy atom. The first-order valence-electron chi connectivity index (χ1n) is 6.45. The number of piperazine rings is 1. The molecule has 1 N–H and O–H groups in total. The van der Waals surface area contributed by atoms with Gasteiger partial charge in [0.1, 0.15) is 0 Å². The van der Waals surface area contributed by atoms with Gasteiger partial charge in [-0.05, 0) is 12.1 Å². The van der Waals surface area contributed by atoms with E-state index in [-0.39, 0.29) is 5.91 Å². The number of carbonyl (C=O) groups is 2. The lowest BCUT2D eigenvalue weighted by Crippen LogP contribution is -2.50. The number of nitrogens with zero attached hydrogens (tertiary/aromatic N) is 3. The van der Waals surface area contributed by atoms with E-state index < -0.39 is 6.09 Å². The predicted octanol–water partition coefficient (Wildman–Crippen LogP) is 1.39. The Bertz CT molecular complexity index is 461. The van der Waals surface area contributed by atoms with Gasteiger partial charge in [-0.25, -0.2) is 4.79 Å². The van der Waals surface area contributed by atoms with Crippen LogP contribution in [0.25, 0.3) is 0 Å². The van der Waals surface area contributed by atoms with Gasteiger partial charge in [-0.2, -0.15) is 0 Å². The number of pyridine rings is 1. The van der Waals surface area contributed by atoms with Gasteiger partial charge in [0.2, 0.25) is 5.91 Å². The Kier molecular flexibility index (Phi) is 5.23. The van der Waals surface area contributed by atoms with Crippen LogP contribution in [0.1, 0.15) is 6.42 Å². The molecule has 0 spiro atoms. The van der Waals surface area contributed by atoms with E-state index in [1.54, 1.807) is 29.1 Å². The lowest BCUT2D eigenvalue weighted by molar-refractivity contribution is -0.132. The molecule has 1 aliphatic heterocycles. The molecule has 1 saturated heterocycles. The number of carboxylic acid groups (broad SMARTS) is 1. The van der Waals surface area contributed by atoms with Crippen molar-refractivity contribution in [3.05, 3.63) is 24.5 Å². The van der Waals surface area contributed by atoms with Crippen LogP contribution in [-0.4, -0.2) is 63.8 Å². The molecule has 20 heavy (non-hydrogen) atoms. The summed E-state index contributed by atoms with van der Waals surface area (Å²) in [7, 11) is 0.